The minimum Gasteiger partial charge on any atom is -0.342 e. The Bertz CT molecular complexity index is 1110. The van der Waals surface area contributed by atoms with Crippen molar-refractivity contribution in [1.29, 1.82) is 0 Å². The normalized spacial score (nSPS) is 12.8. The van der Waals surface area contributed by atoms with E-state index >= 15 is 0 Å². The van der Waals surface area contributed by atoms with Crippen LogP contribution in [0.15, 0.2) is 47.5 Å². The molecule has 0 aliphatic carbocycles. The van der Waals surface area contributed by atoms with Crippen molar-refractivity contribution in [3.8, 4) is 0 Å². The molecule has 7 nitrogen and oxygen atoms in total. The van der Waals surface area contributed by atoms with Gasteiger partial charge in [0.15, 0.2) is 21.3 Å². The predicted octanol–water partition coefficient (Wildman–Crippen LogP) is 3.01. The molecule has 0 saturated heterocycles. The van der Waals surface area contributed by atoms with Gasteiger partial charge in [-0.15, -0.1) is 10.2 Å². The van der Waals surface area contributed by atoms with Gasteiger partial charge in [-0.25, -0.2) is 8.42 Å². The summed E-state index contributed by atoms with van der Waals surface area (Å²) < 4.78 is 25.6. The van der Waals surface area contributed by atoms with Gasteiger partial charge in [0.05, 0.1) is 16.0 Å². The molecule has 1 N–H and O–H groups in total. The second-order valence-corrected chi connectivity index (χ2v) is 9.59. The van der Waals surface area contributed by atoms with Crippen LogP contribution in [-0.2, 0) is 9.84 Å². The average Bonchev–Trinajstić information content (AvgIpc) is 3.08. The SMILES string of the molecule is CSCCC(NC(=O)c1ccc(Cl)c(S(C)(=O)=O)c1)c1nnc2ccccn12. The maximum absolute atomic E-state index is 12.8. The highest BCUT2D eigenvalue weighted by molar-refractivity contribution is 7.98. The smallest absolute Gasteiger partial charge is 0.251 e. The third kappa shape index (κ3) is 4.48. The molecule has 0 aliphatic rings. The van der Waals surface area contributed by atoms with Crippen LogP contribution in [0.4, 0.5) is 0 Å². The summed E-state index contributed by atoms with van der Waals surface area (Å²) in [5.74, 6) is 1.03. The lowest BCUT2D eigenvalue weighted by atomic mass is 10.1. The summed E-state index contributed by atoms with van der Waals surface area (Å²) in [7, 11) is -3.55. The summed E-state index contributed by atoms with van der Waals surface area (Å²) in [6.45, 7) is 0. The van der Waals surface area contributed by atoms with E-state index in [2.05, 4.69) is 15.5 Å². The Hall–Kier alpha value is -2.10. The largest absolute Gasteiger partial charge is 0.342 e. The molecule has 148 valence electrons. The van der Waals surface area contributed by atoms with Crippen molar-refractivity contribution in [2.24, 2.45) is 0 Å². The molecule has 1 unspecified atom stereocenters. The summed E-state index contributed by atoms with van der Waals surface area (Å²) in [5.41, 5.74) is 0.902. The van der Waals surface area contributed by atoms with Crippen LogP contribution in [0.25, 0.3) is 5.65 Å². The second-order valence-electron chi connectivity index (χ2n) is 6.21. The number of hydrogen-bond acceptors (Lipinski definition) is 6. The first kappa shape index (κ1) is 20.6. The molecule has 0 radical (unpaired) electrons. The van der Waals surface area contributed by atoms with Gasteiger partial charge in [0.25, 0.3) is 5.91 Å². The van der Waals surface area contributed by atoms with Gasteiger partial charge < -0.3 is 5.32 Å². The van der Waals surface area contributed by atoms with Gasteiger partial charge in [-0.1, -0.05) is 17.7 Å². The zero-order valence-electron chi connectivity index (χ0n) is 15.3. The first-order chi connectivity index (χ1) is 13.3. The van der Waals surface area contributed by atoms with E-state index in [0.717, 1.165) is 12.0 Å². The highest BCUT2D eigenvalue weighted by Gasteiger charge is 2.22. The number of amides is 1. The van der Waals surface area contributed by atoms with Crippen LogP contribution in [-0.4, -0.2) is 47.2 Å². The van der Waals surface area contributed by atoms with Crippen LogP contribution in [0.3, 0.4) is 0 Å². The Labute approximate surface area is 172 Å². The van der Waals surface area contributed by atoms with Crippen molar-refractivity contribution in [3.63, 3.8) is 0 Å². The minimum atomic E-state index is -3.55. The summed E-state index contributed by atoms with van der Waals surface area (Å²) in [6.07, 6.45) is 5.53. The van der Waals surface area contributed by atoms with Crippen molar-refractivity contribution in [2.45, 2.75) is 17.4 Å². The van der Waals surface area contributed by atoms with Crippen molar-refractivity contribution >= 4 is 44.8 Å². The van der Waals surface area contributed by atoms with Crippen LogP contribution in [0.5, 0.6) is 0 Å². The van der Waals surface area contributed by atoms with Crippen LogP contribution < -0.4 is 5.32 Å². The van der Waals surface area contributed by atoms with E-state index in [1.165, 1.54) is 18.2 Å². The third-order valence-electron chi connectivity index (χ3n) is 4.16. The predicted molar refractivity (Wildman–Crippen MR) is 111 cm³/mol. The van der Waals surface area contributed by atoms with Gasteiger partial charge >= 0.3 is 0 Å². The van der Waals surface area contributed by atoms with Gasteiger partial charge in [-0.3, -0.25) is 9.20 Å². The molecule has 10 heteroatoms. The van der Waals surface area contributed by atoms with E-state index in [1.54, 1.807) is 11.8 Å². The number of sulfone groups is 1. The molecular formula is C18H19ClN4O3S2. The summed E-state index contributed by atoms with van der Waals surface area (Å²) >= 11 is 7.63. The van der Waals surface area contributed by atoms with Gasteiger partial charge in [-0.2, -0.15) is 11.8 Å². The number of thioether (sulfide) groups is 1. The number of rotatable bonds is 7. The van der Waals surface area contributed by atoms with Crippen LogP contribution >= 0.6 is 23.4 Å². The zero-order chi connectivity index (χ0) is 20.3. The lowest BCUT2D eigenvalue weighted by Crippen LogP contribution is -2.30. The Balaban J connectivity index is 1.92. The Morgan fingerprint density at radius 1 is 1.29 bits per heavy atom. The number of benzene rings is 1. The number of nitrogens with zero attached hydrogens (tertiary/aromatic N) is 3. The molecule has 0 aliphatic heterocycles. The van der Waals surface area contributed by atoms with Crippen molar-refractivity contribution < 1.29 is 13.2 Å². The molecule has 3 rings (SSSR count). The highest BCUT2D eigenvalue weighted by atomic mass is 35.5. The first-order valence-corrected chi connectivity index (χ1v) is 12.1. The number of fused-ring (bicyclic) bond motifs is 1. The maximum atomic E-state index is 12.8. The molecule has 2 aromatic heterocycles. The number of carbonyl (C=O) groups excluding carboxylic acids is 1. The van der Waals surface area contributed by atoms with Gasteiger partial charge in [-0.05, 0) is 48.8 Å². The molecule has 1 aromatic carbocycles. The van der Waals surface area contributed by atoms with E-state index in [9.17, 15) is 13.2 Å². The highest BCUT2D eigenvalue weighted by Crippen LogP contribution is 2.24. The maximum Gasteiger partial charge on any atom is 0.251 e. The van der Waals surface area contributed by atoms with Crippen molar-refractivity contribution in [2.75, 3.05) is 18.3 Å². The standard InChI is InChI=1S/C18H19ClN4O3S2/c1-27-10-8-14(17-22-21-16-5-3-4-9-23(16)17)20-18(24)12-6-7-13(19)15(11-12)28(2,25)26/h3-7,9,11,14H,8,10H2,1-2H3,(H,20,24). The van der Waals surface area contributed by atoms with E-state index in [1.807, 2.05) is 35.1 Å². The first-order valence-electron chi connectivity index (χ1n) is 8.40. The second kappa shape index (κ2) is 8.50. The van der Waals surface area contributed by atoms with E-state index in [-0.39, 0.29) is 21.5 Å². The molecule has 3 aromatic rings. The summed E-state index contributed by atoms with van der Waals surface area (Å²) in [4.78, 5) is 12.8. The van der Waals surface area contributed by atoms with E-state index < -0.39 is 15.7 Å². The van der Waals surface area contributed by atoms with Crippen molar-refractivity contribution in [1.82, 2.24) is 19.9 Å². The molecule has 2 heterocycles. The molecular weight excluding hydrogens is 420 g/mol. The zero-order valence-corrected chi connectivity index (χ0v) is 17.7. The third-order valence-corrected chi connectivity index (χ3v) is 6.38. The topological polar surface area (TPSA) is 93.4 Å². The fourth-order valence-corrected chi connectivity index (χ4v) is 4.54. The van der Waals surface area contributed by atoms with Crippen LogP contribution in [0, 0.1) is 0 Å². The number of carbonyl (C=O) groups is 1. The minimum absolute atomic E-state index is 0.0737. The van der Waals surface area contributed by atoms with Gasteiger partial charge in [0, 0.05) is 18.0 Å². The molecule has 28 heavy (non-hydrogen) atoms. The molecule has 0 spiro atoms. The molecule has 0 bridgehead atoms. The van der Waals surface area contributed by atoms with E-state index in [0.29, 0.717) is 17.9 Å². The number of nitrogens with one attached hydrogen (secondary N) is 1. The van der Waals surface area contributed by atoms with E-state index in [4.69, 9.17) is 11.6 Å². The molecule has 1 amide bonds. The lowest BCUT2D eigenvalue weighted by Gasteiger charge is -2.17. The van der Waals surface area contributed by atoms with Gasteiger partial charge in [0.2, 0.25) is 0 Å². The Morgan fingerprint density at radius 2 is 2.07 bits per heavy atom. The number of halogens is 1. The fourth-order valence-electron chi connectivity index (χ4n) is 2.77. The summed E-state index contributed by atoms with van der Waals surface area (Å²) in [6, 6.07) is 9.39. The Morgan fingerprint density at radius 3 is 2.79 bits per heavy atom. The number of hydrogen-bond donors (Lipinski definition) is 1. The molecule has 1 atom stereocenters. The lowest BCUT2D eigenvalue weighted by molar-refractivity contribution is 0.0933. The van der Waals surface area contributed by atoms with Crippen LogP contribution in [0.2, 0.25) is 5.02 Å². The van der Waals surface area contributed by atoms with Crippen LogP contribution in [0.1, 0.15) is 28.6 Å². The molecule has 0 saturated carbocycles. The molecule has 0 fully saturated rings. The Kier molecular flexibility index (Phi) is 6.26. The monoisotopic (exact) mass is 438 g/mol. The number of aromatic nitrogens is 3. The van der Waals surface area contributed by atoms with Gasteiger partial charge in [0.1, 0.15) is 0 Å². The average molecular weight is 439 g/mol. The summed E-state index contributed by atoms with van der Waals surface area (Å²) in [5, 5.41) is 11.4. The quantitative estimate of drug-likeness (QED) is 0.609. The van der Waals surface area contributed by atoms with Crippen molar-refractivity contribution in [3.05, 3.63) is 59.0 Å². The fraction of sp³-hybridized carbons (Fsp3) is 0.278. The number of pyridine rings is 1.